The van der Waals surface area contributed by atoms with Crippen molar-refractivity contribution < 1.29 is 10.2 Å². The molecule has 0 aliphatic heterocycles. The van der Waals surface area contributed by atoms with Gasteiger partial charge in [-0.1, -0.05) is 23.2 Å². The van der Waals surface area contributed by atoms with E-state index in [2.05, 4.69) is 0 Å². The minimum Gasteiger partial charge on any atom is -0.396 e. The molecule has 6 atom stereocenters. The van der Waals surface area contributed by atoms with Crippen LogP contribution in [-0.4, -0.2) is 48.3 Å². The second kappa shape index (κ2) is 4.33. The molecule has 0 heterocycles. The maximum atomic E-state index is 9.43. The highest BCUT2D eigenvalue weighted by atomic mass is 35.5. The summed E-state index contributed by atoms with van der Waals surface area (Å²) in [6.07, 6.45) is 0. The molecule has 0 saturated heterocycles. The monoisotopic (exact) mass is 360 g/mol. The summed E-state index contributed by atoms with van der Waals surface area (Å²) in [5.74, 6) is -1.22. The molecular weight excluding hydrogens is 353 g/mol. The lowest BCUT2D eigenvalue weighted by molar-refractivity contribution is 0.0953. The number of rotatable bonds is 2. The summed E-state index contributed by atoms with van der Waals surface area (Å²) in [5, 5.41) is 17.3. The van der Waals surface area contributed by atoms with E-state index < -0.39 is 36.7 Å². The van der Waals surface area contributed by atoms with Crippen LogP contribution in [0.4, 0.5) is 0 Å². The minimum absolute atomic E-state index is 0.322. The summed E-state index contributed by atoms with van der Waals surface area (Å²) < 4.78 is -1.62. The number of alkyl halides is 6. The van der Waals surface area contributed by atoms with Crippen molar-refractivity contribution in [1.29, 1.82) is 0 Å². The topological polar surface area (TPSA) is 40.5 Å². The third-order valence-electron chi connectivity index (χ3n) is 3.98. The van der Waals surface area contributed by atoms with Crippen molar-refractivity contribution in [3.8, 4) is 0 Å². The predicted molar refractivity (Wildman–Crippen MR) is 72.0 cm³/mol. The second-order valence-electron chi connectivity index (χ2n) is 4.49. The number of fused-ring (bicyclic) bond motifs is 2. The van der Waals surface area contributed by atoms with Crippen molar-refractivity contribution in [2.45, 2.75) is 24.8 Å². The van der Waals surface area contributed by atoms with Crippen molar-refractivity contribution in [3.63, 3.8) is 0 Å². The van der Waals surface area contributed by atoms with Crippen LogP contribution in [0.2, 0.25) is 0 Å². The molecule has 2 rings (SSSR count). The molecule has 0 amide bonds. The number of hydrogen-bond donors (Lipinski definition) is 2. The Balaban J connectivity index is 2.63. The first-order valence-corrected chi connectivity index (χ1v) is 7.35. The fraction of sp³-hybridized carbons (Fsp3) is 1.00. The van der Waals surface area contributed by atoms with Gasteiger partial charge < -0.3 is 10.2 Å². The van der Waals surface area contributed by atoms with Gasteiger partial charge in [-0.2, -0.15) is 0 Å². The zero-order valence-electron chi connectivity index (χ0n) is 8.39. The lowest BCUT2D eigenvalue weighted by Gasteiger charge is -2.40. The van der Waals surface area contributed by atoms with Crippen LogP contribution in [0.3, 0.4) is 0 Å². The van der Waals surface area contributed by atoms with Crippen LogP contribution in [0.5, 0.6) is 0 Å². The van der Waals surface area contributed by atoms with E-state index in [-0.39, 0.29) is 13.2 Å². The highest BCUT2D eigenvalue weighted by Crippen LogP contribution is 2.74. The number of aliphatic hydroxyl groups excluding tert-OH is 2. The molecule has 2 bridgehead atoms. The Morgan fingerprint density at radius 1 is 0.765 bits per heavy atom. The standard InChI is InChI=1S/C9H10Cl6O2/c10-5-6(11)8(13)4(2-17)3(1-16)7(5,12)9(8,14)15/h3-6,16-17H,1-2H2/t3-,4+,5+,6-,7-,8-/m1/s1. The molecule has 2 aliphatic carbocycles. The molecule has 0 aromatic carbocycles. The van der Waals surface area contributed by atoms with Gasteiger partial charge in [-0.15, -0.1) is 46.4 Å². The molecule has 17 heavy (non-hydrogen) atoms. The van der Waals surface area contributed by atoms with Gasteiger partial charge in [0.05, 0.1) is 10.8 Å². The molecular formula is C9H10Cl6O2. The van der Waals surface area contributed by atoms with Crippen LogP contribution in [-0.2, 0) is 0 Å². The van der Waals surface area contributed by atoms with E-state index in [0.29, 0.717) is 0 Å². The zero-order valence-corrected chi connectivity index (χ0v) is 12.9. The van der Waals surface area contributed by atoms with Gasteiger partial charge in [0.2, 0.25) is 0 Å². The number of aliphatic hydroxyl groups is 2. The highest BCUT2D eigenvalue weighted by molar-refractivity contribution is 6.62. The maximum Gasteiger partial charge on any atom is 0.160 e. The Morgan fingerprint density at radius 3 is 1.29 bits per heavy atom. The van der Waals surface area contributed by atoms with Gasteiger partial charge >= 0.3 is 0 Å². The van der Waals surface area contributed by atoms with Gasteiger partial charge in [-0.25, -0.2) is 0 Å². The van der Waals surface area contributed by atoms with E-state index in [0.717, 1.165) is 0 Å². The Bertz CT molecular complexity index is 309. The fourth-order valence-electron chi connectivity index (χ4n) is 3.05. The second-order valence-corrected chi connectivity index (χ2v) is 8.01. The fourth-order valence-corrected chi connectivity index (χ4v) is 6.53. The summed E-state index contributed by atoms with van der Waals surface area (Å²) in [6, 6.07) is 0. The summed E-state index contributed by atoms with van der Waals surface area (Å²) in [5.41, 5.74) is 0. The average molecular weight is 363 g/mol. The SMILES string of the molecule is OC[C@@H]1[C@H](CO)[C@@]2(Cl)[C@H](Cl)[C@H](Cl)[C@@]1(Cl)C2(Cl)Cl. The van der Waals surface area contributed by atoms with Crippen LogP contribution >= 0.6 is 69.6 Å². The van der Waals surface area contributed by atoms with Crippen molar-refractivity contribution in [1.82, 2.24) is 0 Å². The summed E-state index contributed by atoms with van der Waals surface area (Å²) in [7, 11) is 0. The smallest absolute Gasteiger partial charge is 0.160 e. The molecule has 0 aromatic rings. The van der Waals surface area contributed by atoms with Gasteiger partial charge in [0, 0.05) is 25.0 Å². The normalized spacial score (nSPS) is 56.5. The largest absolute Gasteiger partial charge is 0.396 e. The first-order valence-electron chi connectivity index (χ1n) is 4.96. The molecule has 2 N–H and O–H groups in total. The molecule has 0 spiro atoms. The molecule has 8 heteroatoms. The molecule has 2 fully saturated rings. The summed E-state index contributed by atoms with van der Waals surface area (Å²) in [6.45, 7) is -0.644. The minimum atomic E-state index is -1.62. The van der Waals surface area contributed by atoms with E-state index in [1.165, 1.54) is 0 Å². The van der Waals surface area contributed by atoms with Gasteiger partial charge in [0.25, 0.3) is 0 Å². The highest BCUT2D eigenvalue weighted by Gasteiger charge is 2.85. The van der Waals surface area contributed by atoms with E-state index >= 15 is 0 Å². The lowest BCUT2D eigenvalue weighted by Crippen LogP contribution is -2.52. The first kappa shape index (κ1) is 15.1. The number of hydrogen-bond acceptors (Lipinski definition) is 2. The average Bonchev–Trinajstić information content (AvgIpc) is 2.48. The summed E-state index contributed by atoms with van der Waals surface area (Å²) in [4.78, 5) is -2.73. The van der Waals surface area contributed by atoms with Crippen LogP contribution in [0.1, 0.15) is 0 Å². The molecule has 0 unspecified atom stereocenters. The van der Waals surface area contributed by atoms with Crippen molar-refractivity contribution in [2.24, 2.45) is 11.8 Å². The van der Waals surface area contributed by atoms with Crippen LogP contribution < -0.4 is 0 Å². The number of halogens is 6. The van der Waals surface area contributed by atoms with Gasteiger partial charge in [0.15, 0.2) is 4.33 Å². The molecule has 2 nitrogen and oxygen atoms in total. The lowest BCUT2D eigenvalue weighted by atomic mass is 9.79. The van der Waals surface area contributed by atoms with Crippen molar-refractivity contribution >= 4 is 69.6 Å². The quantitative estimate of drug-likeness (QED) is 0.741. The molecule has 100 valence electrons. The Labute approximate surface area is 129 Å². The Hall–Kier alpha value is 1.66. The van der Waals surface area contributed by atoms with Gasteiger partial charge in [-0.05, 0) is 0 Å². The Kier molecular flexibility index (Phi) is 3.83. The van der Waals surface area contributed by atoms with E-state index in [1.54, 1.807) is 0 Å². The third-order valence-corrected chi connectivity index (χ3v) is 8.76. The Morgan fingerprint density at radius 2 is 1.06 bits per heavy atom. The van der Waals surface area contributed by atoms with Crippen molar-refractivity contribution in [2.75, 3.05) is 13.2 Å². The van der Waals surface area contributed by atoms with Gasteiger partial charge in [0.1, 0.15) is 9.75 Å². The van der Waals surface area contributed by atoms with Crippen LogP contribution in [0.15, 0.2) is 0 Å². The van der Waals surface area contributed by atoms with Crippen molar-refractivity contribution in [3.05, 3.63) is 0 Å². The molecule has 2 saturated carbocycles. The molecule has 0 radical (unpaired) electrons. The maximum absolute atomic E-state index is 9.43. The molecule has 2 aliphatic rings. The third kappa shape index (κ3) is 1.40. The van der Waals surface area contributed by atoms with E-state index in [1.807, 2.05) is 0 Å². The zero-order chi connectivity index (χ0) is 13.2. The summed E-state index contributed by atoms with van der Waals surface area (Å²) >= 11 is 37.7. The van der Waals surface area contributed by atoms with Crippen LogP contribution in [0.25, 0.3) is 0 Å². The van der Waals surface area contributed by atoms with Crippen LogP contribution in [0, 0.1) is 11.8 Å². The predicted octanol–water partition coefficient (Wildman–Crippen LogP) is 2.57. The van der Waals surface area contributed by atoms with E-state index in [4.69, 9.17) is 69.6 Å². The van der Waals surface area contributed by atoms with E-state index in [9.17, 15) is 10.2 Å². The van der Waals surface area contributed by atoms with Gasteiger partial charge in [-0.3, -0.25) is 0 Å². The first-order chi connectivity index (χ1) is 7.71. The molecule has 0 aromatic heterocycles.